The maximum Gasteiger partial charge on any atom is 0.325 e. The van der Waals surface area contributed by atoms with Crippen LogP contribution in [0.3, 0.4) is 0 Å². The minimum Gasteiger partial charge on any atom is -0.451 e. The standard InChI is InChI=1S/C18H22FN3O6S/c1-10(2)16(22-29(25,26)14-8-6-5-7-13(14)19)18(24)27-12(4)17(23)20-15-9-11(3)28-21-15/h5-10,12,16,22H,1-4H3,(H,20,21,23)/t12?,16-/m0/s1. The van der Waals surface area contributed by atoms with Crippen LogP contribution in [-0.4, -0.2) is 37.6 Å². The van der Waals surface area contributed by atoms with Gasteiger partial charge >= 0.3 is 5.97 Å². The summed E-state index contributed by atoms with van der Waals surface area (Å²) in [5, 5.41) is 6.00. The second-order valence-electron chi connectivity index (χ2n) is 6.66. The van der Waals surface area contributed by atoms with Gasteiger partial charge in [-0.1, -0.05) is 31.1 Å². The Labute approximate surface area is 167 Å². The van der Waals surface area contributed by atoms with E-state index in [0.717, 1.165) is 12.1 Å². The van der Waals surface area contributed by atoms with Gasteiger partial charge in [-0.15, -0.1) is 0 Å². The van der Waals surface area contributed by atoms with Crippen LogP contribution < -0.4 is 10.0 Å². The van der Waals surface area contributed by atoms with Crippen LogP contribution in [0.15, 0.2) is 39.8 Å². The second-order valence-corrected chi connectivity index (χ2v) is 8.35. The third-order valence-corrected chi connectivity index (χ3v) is 5.34. The van der Waals surface area contributed by atoms with Crippen LogP contribution >= 0.6 is 0 Å². The molecular formula is C18H22FN3O6S. The molecule has 0 bridgehead atoms. The summed E-state index contributed by atoms with van der Waals surface area (Å²) in [4.78, 5) is 24.0. The summed E-state index contributed by atoms with van der Waals surface area (Å²) in [5.74, 6) is -2.50. The zero-order valence-corrected chi connectivity index (χ0v) is 17.1. The van der Waals surface area contributed by atoms with Gasteiger partial charge in [-0.25, -0.2) is 12.8 Å². The molecule has 11 heteroatoms. The van der Waals surface area contributed by atoms with E-state index in [9.17, 15) is 22.4 Å². The Morgan fingerprint density at radius 2 is 1.86 bits per heavy atom. The average molecular weight is 427 g/mol. The van der Waals surface area contributed by atoms with E-state index in [1.165, 1.54) is 25.1 Å². The molecule has 0 aliphatic rings. The minimum absolute atomic E-state index is 0.149. The van der Waals surface area contributed by atoms with Gasteiger partial charge in [0.1, 0.15) is 22.5 Å². The van der Waals surface area contributed by atoms with Crippen LogP contribution in [0.4, 0.5) is 10.2 Å². The first-order valence-electron chi connectivity index (χ1n) is 8.73. The molecule has 0 fully saturated rings. The van der Waals surface area contributed by atoms with Gasteiger partial charge in [-0.2, -0.15) is 4.72 Å². The maximum atomic E-state index is 13.9. The predicted molar refractivity (Wildman–Crippen MR) is 101 cm³/mol. The fourth-order valence-corrected chi connectivity index (χ4v) is 3.72. The molecule has 1 aromatic heterocycles. The van der Waals surface area contributed by atoms with Crippen molar-refractivity contribution >= 4 is 27.7 Å². The third kappa shape index (κ3) is 5.84. The van der Waals surface area contributed by atoms with E-state index < -0.39 is 50.7 Å². The number of hydrogen-bond donors (Lipinski definition) is 2. The zero-order valence-electron chi connectivity index (χ0n) is 16.3. The van der Waals surface area contributed by atoms with Crippen molar-refractivity contribution in [3.8, 4) is 0 Å². The summed E-state index contributed by atoms with van der Waals surface area (Å²) < 4.78 is 50.9. The summed E-state index contributed by atoms with van der Waals surface area (Å²) in [5.41, 5.74) is 0. The molecule has 2 N–H and O–H groups in total. The molecule has 1 aromatic carbocycles. The number of amides is 1. The number of aromatic nitrogens is 1. The largest absolute Gasteiger partial charge is 0.451 e. The molecule has 0 spiro atoms. The number of carbonyl (C=O) groups is 2. The lowest BCUT2D eigenvalue weighted by molar-refractivity contribution is -0.155. The zero-order chi connectivity index (χ0) is 21.8. The quantitative estimate of drug-likeness (QED) is 0.617. The Hall–Kier alpha value is -2.79. The fraction of sp³-hybridized carbons (Fsp3) is 0.389. The van der Waals surface area contributed by atoms with Gasteiger partial charge in [0.15, 0.2) is 11.9 Å². The van der Waals surface area contributed by atoms with Gasteiger partial charge in [0.05, 0.1) is 0 Å². The summed E-state index contributed by atoms with van der Waals surface area (Å²) in [7, 11) is -4.33. The molecule has 158 valence electrons. The van der Waals surface area contributed by atoms with Crippen molar-refractivity contribution in [1.29, 1.82) is 0 Å². The number of esters is 1. The average Bonchev–Trinajstić information content (AvgIpc) is 3.04. The maximum absolute atomic E-state index is 13.9. The van der Waals surface area contributed by atoms with E-state index in [2.05, 4.69) is 15.2 Å². The van der Waals surface area contributed by atoms with Gasteiger partial charge in [0.25, 0.3) is 5.91 Å². The number of aryl methyl sites for hydroxylation is 1. The van der Waals surface area contributed by atoms with Crippen molar-refractivity contribution in [3.05, 3.63) is 41.9 Å². The Morgan fingerprint density at radius 1 is 1.21 bits per heavy atom. The van der Waals surface area contributed by atoms with Gasteiger partial charge in [-0.05, 0) is 31.9 Å². The molecule has 2 aromatic rings. The number of nitrogens with zero attached hydrogens (tertiary/aromatic N) is 1. The summed E-state index contributed by atoms with van der Waals surface area (Å²) in [6, 6.07) is 4.93. The predicted octanol–water partition coefficient (Wildman–Crippen LogP) is 2.00. The highest BCUT2D eigenvalue weighted by atomic mass is 32.2. The van der Waals surface area contributed by atoms with Crippen molar-refractivity contribution in [2.45, 2.75) is 44.7 Å². The van der Waals surface area contributed by atoms with Crippen LogP contribution in [0.25, 0.3) is 0 Å². The van der Waals surface area contributed by atoms with Crippen molar-refractivity contribution in [2.75, 3.05) is 5.32 Å². The van der Waals surface area contributed by atoms with Crippen LogP contribution in [0.1, 0.15) is 26.5 Å². The normalized spacial score (nSPS) is 13.7. The highest BCUT2D eigenvalue weighted by Gasteiger charge is 2.33. The van der Waals surface area contributed by atoms with Crippen LogP contribution in [0.2, 0.25) is 0 Å². The highest BCUT2D eigenvalue weighted by molar-refractivity contribution is 7.89. The number of sulfonamides is 1. The number of hydrogen-bond acceptors (Lipinski definition) is 7. The first kappa shape index (κ1) is 22.5. The molecule has 0 aliphatic heterocycles. The number of anilines is 1. The van der Waals surface area contributed by atoms with Gasteiger partial charge in [0, 0.05) is 6.07 Å². The van der Waals surface area contributed by atoms with E-state index in [1.807, 2.05) is 0 Å². The van der Waals surface area contributed by atoms with Crippen molar-refractivity contribution in [3.63, 3.8) is 0 Å². The Morgan fingerprint density at radius 3 is 2.41 bits per heavy atom. The summed E-state index contributed by atoms with van der Waals surface area (Å²) in [6.45, 7) is 6.13. The highest BCUT2D eigenvalue weighted by Crippen LogP contribution is 2.16. The Balaban J connectivity index is 2.09. The molecule has 1 unspecified atom stereocenters. The monoisotopic (exact) mass is 427 g/mol. The molecule has 0 radical (unpaired) electrons. The lowest BCUT2D eigenvalue weighted by Gasteiger charge is -2.22. The van der Waals surface area contributed by atoms with Gasteiger partial charge < -0.3 is 14.6 Å². The van der Waals surface area contributed by atoms with Crippen LogP contribution in [0, 0.1) is 18.7 Å². The molecule has 9 nitrogen and oxygen atoms in total. The molecule has 0 saturated heterocycles. The SMILES string of the molecule is Cc1cc(NC(=O)C(C)OC(=O)[C@@H](NS(=O)(=O)c2ccccc2F)C(C)C)no1. The van der Waals surface area contributed by atoms with E-state index in [1.54, 1.807) is 20.8 Å². The molecule has 29 heavy (non-hydrogen) atoms. The Kier molecular flexibility index (Phi) is 7.09. The van der Waals surface area contributed by atoms with Crippen LogP contribution in [-0.2, 0) is 24.3 Å². The van der Waals surface area contributed by atoms with E-state index >= 15 is 0 Å². The third-order valence-electron chi connectivity index (χ3n) is 3.87. The lowest BCUT2D eigenvalue weighted by atomic mass is 10.1. The smallest absolute Gasteiger partial charge is 0.325 e. The molecule has 0 aliphatic carbocycles. The van der Waals surface area contributed by atoms with E-state index in [4.69, 9.17) is 9.26 Å². The van der Waals surface area contributed by atoms with E-state index in [0.29, 0.717) is 5.76 Å². The molecule has 2 atom stereocenters. The first-order valence-corrected chi connectivity index (χ1v) is 10.2. The number of benzene rings is 1. The number of nitrogens with one attached hydrogen (secondary N) is 2. The molecule has 0 saturated carbocycles. The van der Waals surface area contributed by atoms with Gasteiger partial charge in [-0.3, -0.25) is 9.59 Å². The minimum atomic E-state index is -4.33. The summed E-state index contributed by atoms with van der Waals surface area (Å²) in [6.07, 6.45) is -1.24. The van der Waals surface area contributed by atoms with Crippen LogP contribution in [0.5, 0.6) is 0 Å². The number of carbonyl (C=O) groups excluding carboxylic acids is 2. The first-order chi connectivity index (χ1) is 13.5. The Bertz CT molecular complexity index is 989. The molecule has 1 heterocycles. The van der Waals surface area contributed by atoms with Crippen molar-refractivity contribution in [1.82, 2.24) is 9.88 Å². The number of ether oxygens (including phenoxy) is 1. The van der Waals surface area contributed by atoms with Crippen molar-refractivity contribution in [2.24, 2.45) is 5.92 Å². The summed E-state index contributed by atoms with van der Waals surface area (Å²) >= 11 is 0. The molecular weight excluding hydrogens is 405 g/mol. The van der Waals surface area contributed by atoms with Gasteiger partial charge in [0.2, 0.25) is 10.0 Å². The number of rotatable bonds is 8. The van der Waals surface area contributed by atoms with Crippen molar-refractivity contribution < 1.29 is 31.7 Å². The molecule has 2 rings (SSSR count). The fourth-order valence-electron chi connectivity index (χ4n) is 2.30. The number of halogens is 1. The second kappa shape index (κ2) is 9.14. The molecule has 1 amide bonds. The lowest BCUT2D eigenvalue weighted by Crippen LogP contribution is -2.47. The topological polar surface area (TPSA) is 128 Å². The van der Waals surface area contributed by atoms with E-state index in [-0.39, 0.29) is 5.82 Å².